The highest BCUT2D eigenvalue weighted by Crippen LogP contribution is 2.27. The van der Waals surface area contributed by atoms with Gasteiger partial charge in [0.25, 0.3) is 5.91 Å². The van der Waals surface area contributed by atoms with E-state index in [1.54, 1.807) is 6.26 Å². The van der Waals surface area contributed by atoms with Crippen molar-refractivity contribution < 1.29 is 9.21 Å². The number of aryl methyl sites for hydroxylation is 3. The molecule has 2 aromatic carbocycles. The zero-order valence-electron chi connectivity index (χ0n) is 18.7. The molecule has 0 spiro atoms. The number of hydrogen-bond acceptors (Lipinski definition) is 3. The fraction of sp³-hybridized carbons (Fsp3) is 0.185. The van der Waals surface area contributed by atoms with E-state index in [4.69, 9.17) is 4.42 Å². The van der Waals surface area contributed by atoms with Gasteiger partial charge < -0.3 is 14.3 Å². The summed E-state index contributed by atoms with van der Waals surface area (Å²) in [5, 5.41) is 2.96. The lowest BCUT2D eigenvalue weighted by Gasteiger charge is -2.20. The number of rotatable bonds is 5. The van der Waals surface area contributed by atoms with Crippen LogP contribution in [-0.4, -0.2) is 10.5 Å². The van der Waals surface area contributed by atoms with E-state index in [-0.39, 0.29) is 11.0 Å². The standard InChI is InChI=1S/C27H26N2O3/c1-17-8-5-10-21(14-17)26-25(27(31)28-23-12-6-9-18(2)20(23)4)24(30)15-19(3)29(26)16-22-11-7-13-32-22/h5-15H,16H2,1-4H3,(H,28,31). The summed E-state index contributed by atoms with van der Waals surface area (Å²) in [5.74, 6) is 0.319. The number of pyridine rings is 1. The predicted octanol–water partition coefficient (Wildman–Crippen LogP) is 5.64. The summed E-state index contributed by atoms with van der Waals surface area (Å²) in [5.41, 5.74) is 5.74. The molecule has 162 valence electrons. The summed E-state index contributed by atoms with van der Waals surface area (Å²) in [7, 11) is 0. The number of nitrogens with zero attached hydrogens (tertiary/aromatic N) is 1. The first-order valence-electron chi connectivity index (χ1n) is 10.6. The van der Waals surface area contributed by atoms with Crippen LogP contribution >= 0.6 is 0 Å². The molecule has 0 aliphatic carbocycles. The number of anilines is 1. The zero-order chi connectivity index (χ0) is 22.8. The normalized spacial score (nSPS) is 10.9. The van der Waals surface area contributed by atoms with Crippen molar-refractivity contribution >= 4 is 11.6 Å². The molecule has 1 amide bonds. The maximum absolute atomic E-state index is 13.5. The topological polar surface area (TPSA) is 64.2 Å². The summed E-state index contributed by atoms with van der Waals surface area (Å²) in [6.45, 7) is 8.22. The smallest absolute Gasteiger partial charge is 0.261 e. The van der Waals surface area contributed by atoms with Crippen LogP contribution in [0.4, 0.5) is 5.69 Å². The molecule has 0 saturated carbocycles. The molecule has 1 N–H and O–H groups in total. The minimum absolute atomic E-state index is 0.119. The van der Waals surface area contributed by atoms with Crippen LogP contribution in [0.5, 0.6) is 0 Å². The Morgan fingerprint density at radius 3 is 2.47 bits per heavy atom. The third-order valence-corrected chi connectivity index (χ3v) is 5.78. The van der Waals surface area contributed by atoms with Crippen molar-refractivity contribution in [1.29, 1.82) is 0 Å². The fourth-order valence-electron chi connectivity index (χ4n) is 3.91. The van der Waals surface area contributed by atoms with Gasteiger partial charge in [-0.2, -0.15) is 0 Å². The number of benzene rings is 2. The van der Waals surface area contributed by atoms with Gasteiger partial charge in [-0.25, -0.2) is 0 Å². The van der Waals surface area contributed by atoms with Crippen LogP contribution in [0.3, 0.4) is 0 Å². The second-order valence-electron chi connectivity index (χ2n) is 8.11. The number of aromatic nitrogens is 1. The molecule has 0 saturated heterocycles. The Hall–Kier alpha value is -3.86. The average molecular weight is 427 g/mol. The Morgan fingerprint density at radius 2 is 1.75 bits per heavy atom. The first kappa shape index (κ1) is 21.4. The maximum atomic E-state index is 13.5. The molecule has 0 radical (unpaired) electrons. The van der Waals surface area contributed by atoms with Gasteiger partial charge in [0.1, 0.15) is 11.3 Å². The second-order valence-corrected chi connectivity index (χ2v) is 8.11. The summed E-state index contributed by atoms with van der Waals surface area (Å²) >= 11 is 0. The zero-order valence-corrected chi connectivity index (χ0v) is 18.7. The molecule has 4 aromatic rings. The lowest BCUT2D eigenvalue weighted by atomic mass is 10.0. The van der Waals surface area contributed by atoms with Gasteiger partial charge in [-0.3, -0.25) is 9.59 Å². The molecule has 0 aliphatic heterocycles. The molecule has 2 heterocycles. The van der Waals surface area contributed by atoms with Gasteiger partial charge in [-0.15, -0.1) is 0 Å². The molecule has 0 unspecified atom stereocenters. The number of hydrogen-bond donors (Lipinski definition) is 1. The Kier molecular flexibility index (Phi) is 5.82. The van der Waals surface area contributed by atoms with Gasteiger partial charge in [0.05, 0.1) is 18.5 Å². The Labute approximate surface area is 187 Å². The van der Waals surface area contributed by atoms with Crippen molar-refractivity contribution in [2.75, 3.05) is 5.32 Å². The van der Waals surface area contributed by atoms with Crippen LogP contribution in [0.1, 0.15) is 38.5 Å². The number of carbonyl (C=O) groups is 1. The van der Waals surface area contributed by atoms with Gasteiger partial charge in [0.15, 0.2) is 5.43 Å². The molecular formula is C27H26N2O3. The van der Waals surface area contributed by atoms with Crippen LogP contribution in [0.15, 0.2) is 76.1 Å². The van der Waals surface area contributed by atoms with Crippen LogP contribution in [-0.2, 0) is 6.54 Å². The highest BCUT2D eigenvalue weighted by molar-refractivity contribution is 6.08. The van der Waals surface area contributed by atoms with E-state index in [2.05, 4.69) is 5.32 Å². The van der Waals surface area contributed by atoms with Crippen molar-refractivity contribution in [3.63, 3.8) is 0 Å². The molecule has 0 aliphatic rings. The molecule has 0 bridgehead atoms. The monoisotopic (exact) mass is 426 g/mol. The molecule has 2 aromatic heterocycles. The largest absolute Gasteiger partial charge is 0.467 e. The molecule has 0 fully saturated rings. The molecule has 32 heavy (non-hydrogen) atoms. The SMILES string of the molecule is Cc1cccc(-c2c(C(=O)Nc3cccc(C)c3C)c(=O)cc(C)n2Cc2ccco2)c1. The Bertz CT molecular complexity index is 1350. The summed E-state index contributed by atoms with van der Waals surface area (Å²) in [6.07, 6.45) is 1.62. The first-order chi connectivity index (χ1) is 15.3. The molecular weight excluding hydrogens is 400 g/mol. The maximum Gasteiger partial charge on any atom is 0.261 e. The van der Waals surface area contributed by atoms with Crippen LogP contribution in [0.25, 0.3) is 11.3 Å². The van der Waals surface area contributed by atoms with E-state index < -0.39 is 5.91 Å². The summed E-state index contributed by atoms with van der Waals surface area (Å²) < 4.78 is 7.53. The molecule has 0 atom stereocenters. The number of nitrogens with one attached hydrogen (secondary N) is 1. The summed E-state index contributed by atoms with van der Waals surface area (Å²) in [4.78, 5) is 26.7. The number of furan rings is 1. The predicted molar refractivity (Wildman–Crippen MR) is 127 cm³/mol. The van der Waals surface area contributed by atoms with Crippen molar-refractivity contribution in [2.24, 2.45) is 0 Å². The third-order valence-electron chi connectivity index (χ3n) is 5.78. The van der Waals surface area contributed by atoms with Gasteiger partial charge in [0.2, 0.25) is 0 Å². The minimum atomic E-state index is -0.423. The van der Waals surface area contributed by atoms with E-state index >= 15 is 0 Å². The van der Waals surface area contributed by atoms with Crippen molar-refractivity contribution in [1.82, 2.24) is 4.57 Å². The second kappa shape index (κ2) is 8.71. The minimum Gasteiger partial charge on any atom is -0.467 e. The van der Waals surface area contributed by atoms with Crippen molar-refractivity contribution in [2.45, 2.75) is 34.2 Å². The first-order valence-corrected chi connectivity index (χ1v) is 10.6. The quantitative estimate of drug-likeness (QED) is 0.449. The highest BCUT2D eigenvalue weighted by atomic mass is 16.3. The van der Waals surface area contributed by atoms with E-state index in [9.17, 15) is 9.59 Å². The van der Waals surface area contributed by atoms with E-state index in [0.29, 0.717) is 17.9 Å². The van der Waals surface area contributed by atoms with E-state index in [0.717, 1.165) is 33.7 Å². The lowest BCUT2D eigenvalue weighted by Crippen LogP contribution is -2.27. The van der Waals surface area contributed by atoms with Gasteiger partial charge in [-0.1, -0.05) is 35.9 Å². The van der Waals surface area contributed by atoms with E-state index in [1.165, 1.54) is 6.07 Å². The molecule has 4 rings (SSSR count). The Morgan fingerprint density at radius 1 is 0.969 bits per heavy atom. The van der Waals surface area contributed by atoms with Gasteiger partial charge >= 0.3 is 0 Å². The van der Waals surface area contributed by atoms with Crippen molar-refractivity contribution in [3.8, 4) is 11.3 Å². The van der Waals surface area contributed by atoms with Gasteiger partial charge in [-0.05, 0) is 68.7 Å². The number of amides is 1. The van der Waals surface area contributed by atoms with Gasteiger partial charge in [0, 0.05) is 17.4 Å². The number of carbonyl (C=O) groups excluding carboxylic acids is 1. The highest BCUT2D eigenvalue weighted by Gasteiger charge is 2.23. The van der Waals surface area contributed by atoms with Crippen molar-refractivity contribution in [3.05, 3.63) is 111 Å². The third kappa shape index (κ3) is 4.14. The molecule has 5 heteroatoms. The molecule has 5 nitrogen and oxygen atoms in total. The van der Waals surface area contributed by atoms with Crippen LogP contribution < -0.4 is 10.7 Å². The summed E-state index contributed by atoms with van der Waals surface area (Å²) in [6, 6.07) is 18.8. The Balaban J connectivity index is 1.92. The lowest BCUT2D eigenvalue weighted by molar-refractivity contribution is 0.102. The van der Waals surface area contributed by atoms with Crippen LogP contribution in [0.2, 0.25) is 0 Å². The average Bonchev–Trinajstić information content (AvgIpc) is 3.26. The van der Waals surface area contributed by atoms with E-state index in [1.807, 2.05) is 86.9 Å². The van der Waals surface area contributed by atoms with Crippen LogP contribution in [0, 0.1) is 27.7 Å². The fourth-order valence-corrected chi connectivity index (χ4v) is 3.91.